The van der Waals surface area contributed by atoms with Gasteiger partial charge < -0.3 is 10.6 Å². The van der Waals surface area contributed by atoms with E-state index in [2.05, 4.69) is 22.8 Å². The molecule has 1 aromatic carbocycles. The highest BCUT2D eigenvalue weighted by atomic mass is 35.5. The molecule has 1 saturated heterocycles. The van der Waals surface area contributed by atoms with Gasteiger partial charge in [-0.25, -0.2) is 0 Å². The minimum atomic E-state index is 0. The van der Waals surface area contributed by atoms with E-state index >= 15 is 0 Å². The van der Waals surface area contributed by atoms with Crippen molar-refractivity contribution in [2.75, 3.05) is 19.6 Å². The van der Waals surface area contributed by atoms with Crippen LogP contribution >= 0.6 is 24.0 Å². The zero-order valence-electron chi connectivity index (χ0n) is 12.0. The monoisotopic (exact) mass is 328 g/mol. The van der Waals surface area contributed by atoms with Crippen molar-refractivity contribution >= 4 is 29.9 Å². The van der Waals surface area contributed by atoms with Gasteiger partial charge in [0.2, 0.25) is 5.91 Å². The lowest BCUT2D eigenvalue weighted by Gasteiger charge is -2.32. The third kappa shape index (κ3) is 3.53. The third-order valence-electron chi connectivity index (χ3n) is 4.77. The third-order valence-corrected chi connectivity index (χ3v) is 5.02. The van der Waals surface area contributed by atoms with Crippen molar-refractivity contribution in [1.82, 2.24) is 10.6 Å². The van der Waals surface area contributed by atoms with Gasteiger partial charge in [0.1, 0.15) is 0 Å². The van der Waals surface area contributed by atoms with Crippen LogP contribution in [0.3, 0.4) is 0 Å². The quantitative estimate of drug-likeness (QED) is 0.892. The first-order valence-electron chi connectivity index (χ1n) is 7.44. The van der Waals surface area contributed by atoms with E-state index < -0.39 is 0 Å². The largest absolute Gasteiger partial charge is 0.355 e. The van der Waals surface area contributed by atoms with Crippen molar-refractivity contribution in [1.29, 1.82) is 0 Å². The molecule has 3 nitrogen and oxygen atoms in total. The molecule has 116 valence electrons. The number of benzene rings is 1. The Labute approximate surface area is 137 Å². The van der Waals surface area contributed by atoms with Crippen LogP contribution in [0.4, 0.5) is 0 Å². The number of amides is 1. The summed E-state index contributed by atoms with van der Waals surface area (Å²) in [4.78, 5) is 12.0. The molecule has 21 heavy (non-hydrogen) atoms. The lowest BCUT2D eigenvalue weighted by Crippen LogP contribution is -2.52. The predicted molar refractivity (Wildman–Crippen MR) is 88.2 cm³/mol. The summed E-state index contributed by atoms with van der Waals surface area (Å²) in [6.07, 6.45) is 4.78. The fourth-order valence-electron chi connectivity index (χ4n) is 3.30. The molecular weight excluding hydrogens is 307 g/mol. The zero-order valence-corrected chi connectivity index (χ0v) is 13.6. The molecule has 0 atom stereocenters. The first-order valence-corrected chi connectivity index (χ1v) is 7.82. The zero-order chi connectivity index (χ0) is 14.0. The molecule has 1 aromatic rings. The maximum absolute atomic E-state index is 12.0. The Kier molecular flexibility index (Phi) is 5.53. The van der Waals surface area contributed by atoms with Crippen molar-refractivity contribution in [3.63, 3.8) is 0 Å². The molecule has 0 aromatic heterocycles. The minimum Gasteiger partial charge on any atom is -0.355 e. The van der Waals surface area contributed by atoms with Gasteiger partial charge in [-0.3, -0.25) is 4.79 Å². The average molecular weight is 329 g/mol. The highest BCUT2D eigenvalue weighted by Gasteiger charge is 2.36. The summed E-state index contributed by atoms with van der Waals surface area (Å²) in [6, 6.07) is 8.14. The van der Waals surface area contributed by atoms with Gasteiger partial charge in [0, 0.05) is 30.1 Å². The Bertz CT molecular complexity index is 480. The Morgan fingerprint density at radius 1 is 1.24 bits per heavy atom. The van der Waals surface area contributed by atoms with Crippen LogP contribution in [0.1, 0.15) is 31.2 Å². The summed E-state index contributed by atoms with van der Waals surface area (Å²) in [6.45, 7) is 2.39. The fourth-order valence-corrected chi connectivity index (χ4v) is 3.42. The lowest BCUT2D eigenvalue weighted by molar-refractivity contribution is -0.126. The van der Waals surface area contributed by atoms with Gasteiger partial charge in [-0.05, 0) is 30.5 Å². The molecule has 3 rings (SSSR count). The van der Waals surface area contributed by atoms with Gasteiger partial charge in [0.15, 0.2) is 0 Å². The van der Waals surface area contributed by atoms with Crippen LogP contribution in [0, 0.1) is 5.92 Å². The van der Waals surface area contributed by atoms with E-state index in [1.807, 2.05) is 12.1 Å². The molecule has 0 unspecified atom stereocenters. The summed E-state index contributed by atoms with van der Waals surface area (Å²) in [5.41, 5.74) is 1.42. The average Bonchev–Trinajstić information content (AvgIpc) is 2.85. The molecule has 2 aliphatic rings. The van der Waals surface area contributed by atoms with Gasteiger partial charge in [0.05, 0.1) is 5.92 Å². The summed E-state index contributed by atoms with van der Waals surface area (Å²) in [5.74, 6) is 0.364. The Morgan fingerprint density at radius 3 is 2.38 bits per heavy atom. The van der Waals surface area contributed by atoms with E-state index in [1.165, 1.54) is 18.4 Å². The first-order chi connectivity index (χ1) is 9.70. The normalized spacial score (nSPS) is 20.4. The van der Waals surface area contributed by atoms with E-state index in [1.54, 1.807) is 0 Å². The Morgan fingerprint density at radius 2 is 1.86 bits per heavy atom. The van der Waals surface area contributed by atoms with Gasteiger partial charge in [-0.1, -0.05) is 36.6 Å². The smallest absolute Gasteiger partial charge is 0.225 e. The van der Waals surface area contributed by atoms with Gasteiger partial charge >= 0.3 is 0 Å². The molecule has 2 N–H and O–H groups in total. The molecule has 0 bridgehead atoms. The van der Waals surface area contributed by atoms with Crippen LogP contribution in [0.2, 0.25) is 5.02 Å². The summed E-state index contributed by atoms with van der Waals surface area (Å²) in [7, 11) is 0. The number of rotatable bonds is 4. The standard InChI is InChI=1S/C16H21ClN2O.ClH/c17-14-5-3-13(4-6-14)16(7-1-2-8-16)11-19-15(20)12-9-18-10-12;/h3-6,12,18H,1-2,7-11H2,(H,19,20);1H. The Balaban J connectivity index is 0.00000161. The van der Waals surface area contributed by atoms with Crippen LogP contribution in [0.25, 0.3) is 0 Å². The molecule has 0 spiro atoms. The SMILES string of the molecule is Cl.O=C(NCC1(c2ccc(Cl)cc2)CCCC1)C1CNC1. The summed E-state index contributed by atoms with van der Waals surface area (Å²) < 4.78 is 0. The molecule has 1 heterocycles. The molecule has 5 heteroatoms. The molecule has 1 amide bonds. The van der Waals surface area contributed by atoms with Crippen LogP contribution in [0.15, 0.2) is 24.3 Å². The molecule has 1 aliphatic carbocycles. The number of hydrogen-bond acceptors (Lipinski definition) is 2. The predicted octanol–water partition coefficient (Wildman–Crippen LogP) is 2.91. The van der Waals surface area contributed by atoms with E-state index in [0.717, 1.165) is 37.5 Å². The first kappa shape index (κ1) is 16.6. The van der Waals surface area contributed by atoms with E-state index in [-0.39, 0.29) is 29.6 Å². The molecule has 1 aliphatic heterocycles. The van der Waals surface area contributed by atoms with E-state index in [9.17, 15) is 4.79 Å². The molecule has 1 saturated carbocycles. The number of nitrogens with one attached hydrogen (secondary N) is 2. The van der Waals surface area contributed by atoms with Gasteiger partial charge in [-0.15, -0.1) is 12.4 Å². The van der Waals surface area contributed by atoms with Crippen molar-refractivity contribution < 1.29 is 4.79 Å². The number of halogens is 2. The van der Waals surface area contributed by atoms with Crippen molar-refractivity contribution in [3.05, 3.63) is 34.9 Å². The van der Waals surface area contributed by atoms with Gasteiger partial charge in [0.25, 0.3) is 0 Å². The second kappa shape index (κ2) is 6.99. The van der Waals surface area contributed by atoms with Crippen LogP contribution in [-0.4, -0.2) is 25.5 Å². The van der Waals surface area contributed by atoms with Crippen molar-refractivity contribution in [2.24, 2.45) is 5.92 Å². The summed E-state index contributed by atoms with van der Waals surface area (Å²) >= 11 is 5.98. The second-order valence-electron chi connectivity index (χ2n) is 6.07. The number of carbonyl (C=O) groups excluding carboxylic acids is 1. The fraction of sp³-hybridized carbons (Fsp3) is 0.562. The van der Waals surface area contributed by atoms with Gasteiger partial charge in [-0.2, -0.15) is 0 Å². The van der Waals surface area contributed by atoms with E-state index in [0.29, 0.717) is 0 Å². The van der Waals surface area contributed by atoms with Crippen LogP contribution in [0.5, 0.6) is 0 Å². The van der Waals surface area contributed by atoms with Crippen molar-refractivity contribution in [2.45, 2.75) is 31.1 Å². The number of carbonyl (C=O) groups is 1. The highest BCUT2D eigenvalue weighted by Crippen LogP contribution is 2.41. The molecule has 2 fully saturated rings. The highest BCUT2D eigenvalue weighted by molar-refractivity contribution is 6.30. The summed E-state index contributed by atoms with van der Waals surface area (Å²) in [5, 5.41) is 7.08. The lowest BCUT2D eigenvalue weighted by atomic mass is 9.78. The Hall–Kier alpha value is -0.770. The maximum Gasteiger partial charge on any atom is 0.225 e. The van der Waals surface area contributed by atoms with Crippen molar-refractivity contribution in [3.8, 4) is 0 Å². The topological polar surface area (TPSA) is 41.1 Å². The minimum absolute atomic E-state index is 0. The molecular formula is C16H22Cl2N2O. The second-order valence-corrected chi connectivity index (χ2v) is 6.50. The van der Waals surface area contributed by atoms with Crippen LogP contribution in [-0.2, 0) is 10.2 Å². The van der Waals surface area contributed by atoms with Crippen LogP contribution < -0.4 is 10.6 Å². The number of hydrogen-bond donors (Lipinski definition) is 2. The maximum atomic E-state index is 12.0. The molecule has 0 radical (unpaired) electrons. The van der Waals surface area contributed by atoms with E-state index in [4.69, 9.17) is 11.6 Å².